The molecule has 37 heavy (non-hydrogen) atoms. The number of unbranched alkanes of at least 4 members (excludes halogenated alkanes) is 2. The first kappa shape index (κ1) is 26.9. The van der Waals surface area contributed by atoms with Crippen LogP contribution in [0.25, 0.3) is 6.08 Å². The lowest BCUT2D eigenvalue weighted by Gasteiger charge is -2.24. The van der Waals surface area contributed by atoms with Crippen molar-refractivity contribution < 1.29 is 19.0 Å². The van der Waals surface area contributed by atoms with Crippen molar-refractivity contribution in [2.75, 3.05) is 13.7 Å². The van der Waals surface area contributed by atoms with Gasteiger partial charge < -0.3 is 14.2 Å². The van der Waals surface area contributed by atoms with E-state index in [1.807, 2.05) is 41.8 Å². The molecule has 7 nitrogen and oxygen atoms in total. The number of thiophene rings is 1. The number of thiazole rings is 1. The molecule has 1 aliphatic heterocycles. The average Bonchev–Trinajstić information content (AvgIpc) is 3.49. The van der Waals surface area contributed by atoms with Gasteiger partial charge in [0.2, 0.25) is 0 Å². The molecule has 3 aromatic rings. The molecule has 1 atom stereocenters. The maximum Gasteiger partial charge on any atom is 0.338 e. The molecule has 0 amide bonds. The number of nitrogens with zero attached hydrogens (tertiary/aromatic N) is 2. The molecule has 196 valence electrons. The highest BCUT2D eigenvalue weighted by Gasteiger charge is 2.34. The van der Waals surface area contributed by atoms with Gasteiger partial charge in [0, 0.05) is 4.88 Å². The van der Waals surface area contributed by atoms with E-state index in [2.05, 4.69) is 11.9 Å². The van der Waals surface area contributed by atoms with Crippen molar-refractivity contribution in [2.24, 2.45) is 4.99 Å². The largest absolute Gasteiger partial charge is 0.493 e. The predicted molar refractivity (Wildman–Crippen MR) is 147 cm³/mol. The minimum atomic E-state index is -0.585. The van der Waals surface area contributed by atoms with Crippen molar-refractivity contribution in [3.63, 3.8) is 0 Å². The summed E-state index contributed by atoms with van der Waals surface area (Å²) >= 11 is 2.79. The third-order valence-electron chi connectivity index (χ3n) is 5.89. The maximum absolute atomic E-state index is 13.7. The number of hydrogen-bond donors (Lipinski definition) is 0. The standard InChI is InChI=1S/C28H32N2O5S2/c1-6-7-8-13-34-20-12-11-19(15-21(20)33-5)16-23-26(31)30-25(22-10-9-14-36-22)24(27(32)35-17(2)3)18(4)29-28(30)37-23/h9-12,14-17,25H,6-8,13H2,1-5H3/b23-16+. The molecule has 0 saturated heterocycles. The Morgan fingerprint density at radius 3 is 2.70 bits per heavy atom. The Labute approximate surface area is 224 Å². The fraction of sp³-hybridized carbons (Fsp3) is 0.393. The summed E-state index contributed by atoms with van der Waals surface area (Å²) in [6, 6.07) is 8.89. The minimum Gasteiger partial charge on any atom is -0.493 e. The number of benzene rings is 1. The van der Waals surface area contributed by atoms with Crippen molar-refractivity contribution in [3.8, 4) is 11.5 Å². The molecule has 0 N–H and O–H groups in total. The second-order valence-corrected chi connectivity index (χ2v) is 11.0. The van der Waals surface area contributed by atoms with E-state index in [1.54, 1.807) is 32.4 Å². The SMILES string of the molecule is CCCCCOc1ccc(/C=c2/sc3n(c2=O)C(c2cccs2)C(C(=O)OC(C)C)=C(C)N=3)cc1OC. The normalized spacial score (nSPS) is 15.5. The van der Waals surface area contributed by atoms with Gasteiger partial charge in [-0.2, -0.15) is 0 Å². The van der Waals surface area contributed by atoms with E-state index >= 15 is 0 Å². The fourth-order valence-corrected chi connectivity index (χ4v) is 6.03. The molecule has 0 bridgehead atoms. The molecule has 1 unspecified atom stereocenters. The van der Waals surface area contributed by atoms with Gasteiger partial charge in [0.1, 0.15) is 6.04 Å². The molecule has 9 heteroatoms. The molecule has 3 heterocycles. The van der Waals surface area contributed by atoms with Gasteiger partial charge in [-0.3, -0.25) is 9.36 Å². The first-order chi connectivity index (χ1) is 17.8. The van der Waals surface area contributed by atoms with Crippen LogP contribution in [-0.2, 0) is 9.53 Å². The Kier molecular flexibility index (Phi) is 8.66. The van der Waals surface area contributed by atoms with Crippen LogP contribution in [-0.4, -0.2) is 30.4 Å². The van der Waals surface area contributed by atoms with Crippen LogP contribution in [0.4, 0.5) is 0 Å². The number of carbonyl (C=O) groups excluding carboxylic acids is 1. The van der Waals surface area contributed by atoms with Crippen LogP contribution < -0.4 is 24.4 Å². The number of methoxy groups -OCH3 is 1. The number of hydrogen-bond acceptors (Lipinski definition) is 8. The monoisotopic (exact) mass is 540 g/mol. The molecule has 2 aromatic heterocycles. The van der Waals surface area contributed by atoms with E-state index in [-0.39, 0.29) is 11.7 Å². The summed E-state index contributed by atoms with van der Waals surface area (Å²) in [4.78, 5) is 32.8. The summed E-state index contributed by atoms with van der Waals surface area (Å²) in [5.74, 6) is 0.839. The van der Waals surface area contributed by atoms with Crippen LogP contribution in [0.5, 0.6) is 11.5 Å². The second-order valence-electron chi connectivity index (χ2n) is 9.02. The zero-order valence-corrected chi connectivity index (χ0v) is 23.4. The Bertz CT molecular complexity index is 1460. The zero-order chi connectivity index (χ0) is 26.5. The van der Waals surface area contributed by atoms with Crippen LogP contribution in [0.15, 0.2) is 56.8 Å². The van der Waals surface area contributed by atoms with E-state index in [0.717, 1.165) is 29.7 Å². The van der Waals surface area contributed by atoms with Crippen LogP contribution in [0.1, 0.15) is 63.4 Å². The van der Waals surface area contributed by atoms with Crippen LogP contribution in [0.3, 0.4) is 0 Å². The Balaban J connectivity index is 1.75. The molecule has 0 aliphatic carbocycles. The first-order valence-electron chi connectivity index (χ1n) is 12.4. The van der Waals surface area contributed by atoms with E-state index < -0.39 is 12.0 Å². The Morgan fingerprint density at radius 1 is 1.22 bits per heavy atom. The summed E-state index contributed by atoms with van der Waals surface area (Å²) in [5, 5.41) is 1.93. The number of allylic oxidation sites excluding steroid dienone is 1. The van der Waals surface area contributed by atoms with Crippen molar-refractivity contribution in [1.29, 1.82) is 0 Å². The van der Waals surface area contributed by atoms with Crippen molar-refractivity contribution in [1.82, 2.24) is 4.57 Å². The maximum atomic E-state index is 13.7. The summed E-state index contributed by atoms with van der Waals surface area (Å²) < 4.78 is 19.1. The summed E-state index contributed by atoms with van der Waals surface area (Å²) in [6.45, 7) is 8.18. The Hall–Kier alpha value is -3.17. The molecule has 1 aliphatic rings. The van der Waals surface area contributed by atoms with Crippen LogP contribution >= 0.6 is 22.7 Å². The van der Waals surface area contributed by atoms with Crippen molar-refractivity contribution in [3.05, 3.63) is 77.1 Å². The molecule has 0 saturated carbocycles. The molecule has 4 rings (SSSR count). The summed E-state index contributed by atoms with van der Waals surface area (Å²) in [7, 11) is 1.60. The van der Waals surface area contributed by atoms with Gasteiger partial charge in [0.15, 0.2) is 16.3 Å². The van der Waals surface area contributed by atoms with Crippen molar-refractivity contribution >= 4 is 34.7 Å². The molecule has 0 fully saturated rings. The number of esters is 1. The highest BCUT2D eigenvalue weighted by molar-refractivity contribution is 7.10. The fourth-order valence-electron chi connectivity index (χ4n) is 4.16. The molecular weight excluding hydrogens is 508 g/mol. The van der Waals surface area contributed by atoms with Crippen LogP contribution in [0.2, 0.25) is 0 Å². The smallest absolute Gasteiger partial charge is 0.338 e. The number of rotatable bonds is 10. The third-order valence-corrected chi connectivity index (χ3v) is 7.80. The number of fused-ring (bicyclic) bond motifs is 1. The minimum absolute atomic E-state index is 0.205. The topological polar surface area (TPSA) is 79.1 Å². The lowest BCUT2D eigenvalue weighted by atomic mass is 10.0. The van der Waals surface area contributed by atoms with Gasteiger partial charge in [-0.1, -0.05) is 43.2 Å². The molecule has 0 radical (unpaired) electrons. The van der Waals surface area contributed by atoms with Gasteiger partial charge in [0.25, 0.3) is 5.56 Å². The van der Waals surface area contributed by atoms with Crippen LogP contribution in [0, 0.1) is 0 Å². The van der Waals surface area contributed by atoms with E-state index in [0.29, 0.717) is 38.7 Å². The number of aromatic nitrogens is 1. The summed E-state index contributed by atoms with van der Waals surface area (Å²) in [5.41, 5.74) is 1.55. The Morgan fingerprint density at radius 2 is 2.03 bits per heavy atom. The second kappa shape index (κ2) is 11.9. The van der Waals surface area contributed by atoms with Gasteiger partial charge in [-0.15, -0.1) is 11.3 Å². The molecule has 0 spiro atoms. The molecular formula is C28H32N2O5S2. The highest BCUT2D eigenvalue weighted by atomic mass is 32.1. The predicted octanol–water partition coefficient (Wildman–Crippen LogP) is 4.83. The van der Waals surface area contributed by atoms with Crippen molar-refractivity contribution in [2.45, 2.75) is 59.1 Å². The first-order valence-corrected chi connectivity index (χ1v) is 14.1. The van der Waals surface area contributed by atoms with E-state index in [9.17, 15) is 9.59 Å². The number of ether oxygens (including phenoxy) is 3. The zero-order valence-electron chi connectivity index (χ0n) is 21.8. The average molecular weight is 541 g/mol. The summed E-state index contributed by atoms with van der Waals surface area (Å²) in [6.07, 6.45) is 4.77. The molecule has 1 aromatic carbocycles. The van der Waals surface area contributed by atoms with Gasteiger partial charge in [0.05, 0.1) is 35.6 Å². The quantitative estimate of drug-likeness (QED) is 0.272. The van der Waals surface area contributed by atoms with Gasteiger partial charge in [-0.25, -0.2) is 9.79 Å². The number of carbonyl (C=O) groups is 1. The van der Waals surface area contributed by atoms with E-state index in [4.69, 9.17) is 14.2 Å². The third kappa shape index (κ3) is 5.88. The lowest BCUT2D eigenvalue weighted by Crippen LogP contribution is -2.39. The lowest BCUT2D eigenvalue weighted by molar-refractivity contribution is -0.143. The van der Waals surface area contributed by atoms with Gasteiger partial charge in [-0.05, 0) is 62.4 Å². The van der Waals surface area contributed by atoms with Gasteiger partial charge >= 0.3 is 5.97 Å². The highest BCUT2D eigenvalue weighted by Crippen LogP contribution is 2.33. The van der Waals surface area contributed by atoms with E-state index in [1.165, 1.54) is 22.7 Å².